The normalized spacial score (nSPS) is 15.6. The predicted molar refractivity (Wildman–Crippen MR) is 73.0 cm³/mol. The number of rotatable bonds is 3. The highest BCUT2D eigenvalue weighted by atomic mass is 32.1. The Morgan fingerprint density at radius 1 is 1.21 bits per heavy atom. The lowest BCUT2D eigenvalue weighted by Crippen LogP contribution is -2.14. The van der Waals surface area contributed by atoms with Crippen LogP contribution in [0.3, 0.4) is 0 Å². The number of esters is 1. The Kier molecular flexibility index (Phi) is 3.55. The Morgan fingerprint density at radius 2 is 1.95 bits per heavy atom. The first-order valence-corrected chi connectivity index (χ1v) is 7.20. The molecule has 0 bridgehead atoms. The van der Waals surface area contributed by atoms with E-state index in [0.717, 1.165) is 42.8 Å². The third-order valence-corrected chi connectivity index (χ3v) is 4.00. The van der Waals surface area contributed by atoms with Crippen molar-refractivity contribution in [1.29, 1.82) is 0 Å². The summed E-state index contributed by atoms with van der Waals surface area (Å²) in [7, 11) is 0. The third kappa shape index (κ3) is 2.66. The number of carbonyl (C=O) groups excluding carboxylic acids is 1. The van der Waals surface area contributed by atoms with E-state index in [4.69, 9.17) is 4.74 Å². The summed E-state index contributed by atoms with van der Waals surface area (Å²) in [5.74, 6) is -0.291. The molecule has 1 heterocycles. The monoisotopic (exact) mass is 274 g/mol. The van der Waals surface area contributed by atoms with Crippen LogP contribution in [0.1, 0.15) is 35.4 Å². The van der Waals surface area contributed by atoms with Gasteiger partial charge in [-0.25, -0.2) is 4.79 Å². The lowest BCUT2D eigenvalue weighted by molar-refractivity contribution is 0.0324. The van der Waals surface area contributed by atoms with Crippen LogP contribution in [0.2, 0.25) is 0 Å². The fraction of sp³-hybridized carbons (Fsp3) is 0.357. The molecule has 0 atom stereocenters. The molecule has 1 aliphatic rings. The third-order valence-electron chi connectivity index (χ3n) is 3.30. The summed E-state index contributed by atoms with van der Waals surface area (Å²) in [4.78, 5) is 12.7. The minimum Gasteiger partial charge on any atom is -0.458 e. The molecule has 0 unspecified atom stereocenters. The quantitative estimate of drug-likeness (QED) is 0.806. The molecule has 0 radical (unpaired) electrons. The first-order chi connectivity index (χ1) is 9.34. The number of ether oxygens (including phenoxy) is 1. The van der Waals surface area contributed by atoms with E-state index in [1.807, 2.05) is 30.3 Å². The van der Waals surface area contributed by atoms with Gasteiger partial charge in [-0.05, 0) is 37.2 Å². The molecule has 0 amide bonds. The van der Waals surface area contributed by atoms with Gasteiger partial charge >= 0.3 is 5.97 Å². The highest BCUT2D eigenvalue weighted by molar-refractivity contribution is 7.08. The first-order valence-electron chi connectivity index (χ1n) is 6.43. The maximum Gasteiger partial charge on any atom is 0.352 e. The maximum absolute atomic E-state index is 12.2. The number of aromatic nitrogens is 2. The Morgan fingerprint density at radius 3 is 2.68 bits per heavy atom. The average molecular weight is 274 g/mol. The topological polar surface area (TPSA) is 52.1 Å². The molecule has 98 valence electrons. The van der Waals surface area contributed by atoms with Gasteiger partial charge in [0.05, 0.1) is 0 Å². The molecule has 1 aromatic carbocycles. The molecule has 4 nitrogen and oxygen atoms in total. The number of nitrogens with zero attached hydrogens (tertiary/aromatic N) is 2. The van der Waals surface area contributed by atoms with Crippen LogP contribution in [0, 0.1) is 0 Å². The Bertz CT molecular complexity index is 562. The van der Waals surface area contributed by atoms with Gasteiger partial charge in [0.2, 0.25) is 0 Å². The van der Waals surface area contributed by atoms with Crippen LogP contribution in [0.4, 0.5) is 0 Å². The first kappa shape index (κ1) is 12.3. The Hall–Kier alpha value is -1.75. The molecule has 3 rings (SSSR count). The zero-order valence-corrected chi connectivity index (χ0v) is 11.2. The van der Waals surface area contributed by atoms with Crippen LogP contribution >= 0.6 is 11.5 Å². The summed E-state index contributed by atoms with van der Waals surface area (Å²) < 4.78 is 9.39. The van der Waals surface area contributed by atoms with Gasteiger partial charge < -0.3 is 4.74 Å². The number of carbonyl (C=O) groups is 1. The van der Waals surface area contributed by atoms with Crippen molar-refractivity contribution in [3.8, 4) is 11.3 Å². The van der Waals surface area contributed by atoms with Crippen LogP contribution in [0.15, 0.2) is 30.3 Å². The molecule has 0 aliphatic heterocycles. The Labute approximate surface area is 115 Å². The van der Waals surface area contributed by atoms with E-state index in [1.165, 1.54) is 0 Å². The van der Waals surface area contributed by atoms with E-state index in [-0.39, 0.29) is 12.1 Å². The van der Waals surface area contributed by atoms with E-state index in [1.54, 1.807) is 0 Å². The van der Waals surface area contributed by atoms with Crippen molar-refractivity contribution in [3.63, 3.8) is 0 Å². The minimum absolute atomic E-state index is 0.0678. The second kappa shape index (κ2) is 5.48. The lowest BCUT2D eigenvalue weighted by Gasteiger charge is -2.10. The van der Waals surface area contributed by atoms with Gasteiger partial charge in [-0.1, -0.05) is 34.8 Å². The smallest absolute Gasteiger partial charge is 0.352 e. The molecule has 0 spiro atoms. The van der Waals surface area contributed by atoms with E-state index >= 15 is 0 Å². The molecule has 1 fully saturated rings. The molecule has 0 saturated heterocycles. The molecular formula is C14H14N2O2S. The molecular weight excluding hydrogens is 260 g/mol. The van der Waals surface area contributed by atoms with Crippen molar-refractivity contribution in [2.24, 2.45) is 0 Å². The van der Waals surface area contributed by atoms with Crippen molar-refractivity contribution < 1.29 is 9.53 Å². The van der Waals surface area contributed by atoms with Gasteiger partial charge in [-0.3, -0.25) is 0 Å². The SMILES string of the molecule is O=C(OC1CCCC1)c1snnc1-c1ccccc1. The summed E-state index contributed by atoms with van der Waals surface area (Å²) in [5, 5.41) is 4.05. The van der Waals surface area contributed by atoms with E-state index in [0.29, 0.717) is 10.6 Å². The molecule has 0 N–H and O–H groups in total. The highest BCUT2D eigenvalue weighted by Crippen LogP contribution is 2.27. The van der Waals surface area contributed by atoms with Crippen LogP contribution in [-0.2, 0) is 4.74 Å². The van der Waals surface area contributed by atoms with Gasteiger partial charge in [0.1, 0.15) is 11.8 Å². The van der Waals surface area contributed by atoms with Crippen molar-refractivity contribution in [2.75, 3.05) is 0 Å². The van der Waals surface area contributed by atoms with E-state index in [2.05, 4.69) is 9.59 Å². The standard InChI is InChI=1S/C14H14N2O2S/c17-14(18-11-8-4-5-9-11)13-12(15-16-19-13)10-6-2-1-3-7-10/h1-3,6-7,11H,4-5,8-9H2. The van der Waals surface area contributed by atoms with Crippen LogP contribution in [0.25, 0.3) is 11.3 Å². The summed E-state index contributed by atoms with van der Waals surface area (Å²) in [5.41, 5.74) is 1.52. The molecule has 1 aromatic heterocycles. The molecule has 5 heteroatoms. The molecule has 19 heavy (non-hydrogen) atoms. The minimum atomic E-state index is -0.291. The van der Waals surface area contributed by atoms with E-state index in [9.17, 15) is 4.79 Å². The predicted octanol–water partition coefficient (Wildman–Crippen LogP) is 3.30. The molecule has 1 saturated carbocycles. The second-order valence-corrected chi connectivity index (χ2v) is 5.38. The van der Waals surface area contributed by atoms with Gasteiger partial charge in [-0.2, -0.15) is 0 Å². The van der Waals surface area contributed by atoms with Crippen molar-refractivity contribution >= 4 is 17.5 Å². The summed E-state index contributed by atoms with van der Waals surface area (Å²) in [6, 6.07) is 9.60. The second-order valence-electron chi connectivity index (χ2n) is 4.63. The van der Waals surface area contributed by atoms with Crippen LogP contribution < -0.4 is 0 Å². The zero-order chi connectivity index (χ0) is 13.1. The van der Waals surface area contributed by atoms with Crippen molar-refractivity contribution in [1.82, 2.24) is 9.59 Å². The number of hydrogen-bond acceptors (Lipinski definition) is 5. The summed E-state index contributed by atoms with van der Waals surface area (Å²) in [6.45, 7) is 0. The summed E-state index contributed by atoms with van der Waals surface area (Å²) in [6.07, 6.45) is 4.30. The Balaban J connectivity index is 1.81. The number of benzene rings is 1. The van der Waals surface area contributed by atoms with Gasteiger partial charge in [-0.15, -0.1) is 5.10 Å². The lowest BCUT2D eigenvalue weighted by atomic mass is 10.1. The largest absolute Gasteiger partial charge is 0.458 e. The fourth-order valence-electron chi connectivity index (χ4n) is 2.32. The van der Waals surface area contributed by atoms with E-state index < -0.39 is 0 Å². The van der Waals surface area contributed by atoms with Crippen LogP contribution in [0.5, 0.6) is 0 Å². The van der Waals surface area contributed by atoms with Gasteiger partial charge in [0.15, 0.2) is 4.88 Å². The fourth-order valence-corrected chi connectivity index (χ4v) is 2.89. The zero-order valence-electron chi connectivity index (χ0n) is 10.4. The van der Waals surface area contributed by atoms with Crippen molar-refractivity contribution in [2.45, 2.75) is 31.8 Å². The number of hydrogen-bond donors (Lipinski definition) is 0. The van der Waals surface area contributed by atoms with Gasteiger partial charge in [0.25, 0.3) is 0 Å². The highest BCUT2D eigenvalue weighted by Gasteiger charge is 2.24. The molecule has 2 aromatic rings. The maximum atomic E-state index is 12.2. The van der Waals surface area contributed by atoms with Gasteiger partial charge in [0, 0.05) is 5.56 Å². The summed E-state index contributed by atoms with van der Waals surface area (Å²) >= 11 is 1.10. The van der Waals surface area contributed by atoms with Crippen LogP contribution in [-0.4, -0.2) is 21.7 Å². The van der Waals surface area contributed by atoms with Crippen molar-refractivity contribution in [3.05, 3.63) is 35.2 Å². The average Bonchev–Trinajstić information content (AvgIpc) is 3.10. The molecule has 1 aliphatic carbocycles.